The van der Waals surface area contributed by atoms with Crippen molar-refractivity contribution in [3.05, 3.63) is 41.6 Å². The second-order valence-electron chi connectivity index (χ2n) is 12.6. The first kappa shape index (κ1) is 24.4. The number of hydrogen-bond donors (Lipinski definition) is 1. The predicted molar refractivity (Wildman–Crippen MR) is 138 cm³/mol. The fourth-order valence-corrected chi connectivity index (χ4v) is 8.49. The van der Waals surface area contributed by atoms with Crippen molar-refractivity contribution < 1.29 is 14.3 Å². The van der Waals surface area contributed by atoms with Crippen molar-refractivity contribution in [3.8, 4) is 5.75 Å². The normalized spacial score (nSPS) is 36.6. The van der Waals surface area contributed by atoms with Gasteiger partial charge in [0.1, 0.15) is 5.75 Å². The van der Waals surface area contributed by atoms with Gasteiger partial charge in [-0.15, -0.1) is 0 Å². The van der Waals surface area contributed by atoms with E-state index in [1.807, 2.05) is 36.2 Å². The van der Waals surface area contributed by atoms with E-state index in [1.165, 1.54) is 5.70 Å². The van der Waals surface area contributed by atoms with E-state index < -0.39 is 5.54 Å². The summed E-state index contributed by atoms with van der Waals surface area (Å²) in [7, 11) is 3.63. The van der Waals surface area contributed by atoms with Crippen LogP contribution in [-0.4, -0.2) is 30.9 Å². The van der Waals surface area contributed by atoms with Crippen LogP contribution in [0.5, 0.6) is 5.75 Å². The Balaban J connectivity index is 1.35. The van der Waals surface area contributed by atoms with Crippen LogP contribution in [0.4, 0.5) is 0 Å². The third kappa shape index (κ3) is 3.72. The molecule has 2 amide bonds. The van der Waals surface area contributed by atoms with Gasteiger partial charge in [-0.3, -0.25) is 9.59 Å². The van der Waals surface area contributed by atoms with E-state index in [0.29, 0.717) is 24.2 Å². The van der Waals surface area contributed by atoms with E-state index in [2.05, 4.69) is 39.1 Å². The number of hydrogen-bond acceptors (Lipinski definition) is 3. The van der Waals surface area contributed by atoms with Crippen LogP contribution < -0.4 is 10.1 Å². The Labute approximate surface area is 210 Å². The predicted octanol–water partition coefficient (Wildman–Crippen LogP) is 5.65. The number of carbonyl (C=O) groups is 2. The summed E-state index contributed by atoms with van der Waals surface area (Å²) in [5.74, 6) is 3.12. The molecule has 5 heteroatoms. The van der Waals surface area contributed by atoms with Gasteiger partial charge in [0.15, 0.2) is 0 Å². The lowest BCUT2D eigenvalue weighted by molar-refractivity contribution is -0.139. The van der Waals surface area contributed by atoms with E-state index in [9.17, 15) is 9.59 Å². The van der Waals surface area contributed by atoms with Gasteiger partial charge in [-0.2, -0.15) is 0 Å². The quantitative estimate of drug-likeness (QED) is 0.608. The molecule has 5 nitrogen and oxygen atoms in total. The number of amides is 2. The molecule has 6 atom stereocenters. The Hall–Kier alpha value is -2.30. The Kier molecular flexibility index (Phi) is 5.84. The standard InChI is InChI=1S/C30H42N2O3/c1-28(2,19-7-9-20(35-6)10-8-19)31-27(34)24-13-12-22-21-11-14-25-30(4,18-16-26(33)32(25)5)23(21)15-17-29(22,24)3/h7-10,14,21-24H,11-13,15-18H2,1-6H3,(H,31,34)/t21-,22-,23-,24+,29-,30+/m0/s1. The van der Waals surface area contributed by atoms with Gasteiger partial charge < -0.3 is 15.0 Å². The molecular formula is C30H42N2O3. The van der Waals surface area contributed by atoms with E-state index in [0.717, 1.165) is 49.8 Å². The van der Waals surface area contributed by atoms with E-state index in [1.54, 1.807) is 7.11 Å². The van der Waals surface area contributed by atoms with Crippen molar-refractivity contribution in [2.45, 2.75) is 78.2 Å². The molecule has 0 bridgehead atoms. The zero-order valence-electron chi connectivity index (χ0n) is 22.3. The number of carbonyl (C=O) groups excluding carboxylic acids is 2. The topological polar surface area (TPSA) is 58.6 Å². The van der Waals surface area contributed by atoms with E-state index in [-0.39, 0.29) is 28.6 Å². The molecule has 3 fully saturated rings. The molecule has 1 aromatic rings. The van der Waals surface area contributed by atoms with E-state index >= 15 is 0 Å². The summed E-state index contributed by atoms with van der Waals surface area (Å²) in [4.78, 5) is 28.1. The molecular weight excluding hydrogens is 436 g/mol. The Bertz CT molecular complexity index is 1040. The summed E-state index contributed by atoms with van der Waals surface area (Å²) in [6, 6.07) is 8.00. The SMILES string of the molecule is COc1ccc(C(C)(C)NC(=O)[C@H]2CC[C@H]3[C@@H]4CC=C5N(C)C(=O)CC[C@]5(C)[C@H]4CC[C@]23C)cc1. The highest BCUT2D eigenvalue weighted by atomic mass is 16.5. The average Bonchev–Trinajstić information content (AvgIpc) is 3.19. The van der Waals surface area contributed by atoms with Gasteiger partial charge >= 0.3 is 0 Å². The average molecular weight is 479 g/mol. The number of nitrogens with one attached hydrogen (secondary N) is 1. The van der Waals surface area contributed by atoms with Crippen LogP contribution in [0, 0.1) is 34.5 Å². The minimum Gasteiger partial charge on any atom is -0.497 e. The summed E-state index contributed by atoms with van der Waals surface area (Å²) in [6.45, 7) is 8.97. The summed E-state index contributed by atoms with van der Waals surface area (Å²) in [5.41, 5.74) is 2.03. The summed E-state index contributed by atoms with van der Waals surface area (Å²) >= 11 is 0. The smallest absolute Gasteiger partial charge is 0.226 e. The third-order valence-electron chi connectivity index (χ3n) is 10.6. The van der Waals surface area contributed by atoms with Gasteiger partial charge in [0, 0.05) is 30.5 Å². The molecule has 4 aliphatic rings. The lowest BCUT2D eigenvalue weighted by atomic mass is 9.49. The summed E-state index contributed by atoms with van der Waals surface area (Å²) < 4.78 is 5.30. The molecule has 1 N–H and O–H groups in total. The molecule has 0 spiro atoms. The van der Waals surface area contributed by atoms with Gasteiger partial charge in [0.05, 0.1) is 12.6 Å². The number of likely N-dealkylation sites (tertiary alicyclic amines) is 1. The molecule has 35 heavy (non-hydrogen) atoms. The molecule has 0 aromatic heterocycles. The van der Waals surface area contributed by atoms with Crippen molar-refractivity contribution in [1.29, 1.82) is 0 Å². The number of benzene rings is 1. The zero-order valence-corrected chi connectivity index (χ0v) is 22.3. The van der Waals surface area contributed by atoms with Gasteiger partial charge in [0.2, 0.25) is 11.8 Å². The lowest BCUT2D eigenvalue weighted by Crippen LogP contribution is -2.55. The Morgan fingerprint density at radius 3 is 2.49 bits per heavy atom. The van der Waals surface area contributed by atoms with Crippen LogP contribution in [0.1, 0.15) is 78.2 Å². The van der Waals surface area contributed by atoms with Crippen LogP contribution >= 0.6 is 0 Å². The van der Waals surface area contributed by atoms with Crippen molar-refractivity contribution in [2.75, 3.05) is 14.2 Å². The number of allylic oxidation sites excluding steroid dienone is 2. The van der Waals surface area contributed by atoms with Crippen molar-refractivity contribution in [3.63, 3.8) is 0 Å². The minimum atomic E-state index is -0.440. The van der Waals surface area contributed by atoms with E-state index in [4.69, 9.17) is 4.74 Å². The zero-order chi connectivity index (χ0) is 25.2. The second-order valence-corrected chi connectivity index (χ2v) is 12.6. The lowest BCUT2D eigenvalue weighted by Gasteiger charge is -2.58. The highest BCUT2D eigenvalue weighted by Gasteiger charge is 2.60. The number of fused-ring (bicyclic) bond motifs is 5. The summed E-state index contributed by atoms with van der Waals surface area (Å²) in [5, 5.41) is 3.41. The first-order chi connectivity index (χ1) is 16.5. The number of rotatable bonds is 4. The largest absolute Gasteiger partial charge is 0.497 e. The van der Waals surface area contributed by atoms with Crippen LogP contribution in [0.25, 0.3) is 0 Å². The maximum atomic E-state index is 13.8. The first-order valence-electron chi connectivity index (χ1n) is 13.4. The molecule has 0 radical (unpaired) electrons. The maximum Gasteiger partial charge on any atom is 0.226 e. The van der Waals surface area contributed by atoms with Gasteiger partial charge in [-0.25, -0.2) is 0 Å². The number of piperidine rings is 1. The fraction of sp³-hybridized carbons (Fsp3) is 0.667. The molecule has 1 saturated heterocycles. The maximum absolute atomic E-state index is 13.8. The highest BCUT2D eigenvalue weighted by Crippen LogP contribution is 2.66. The molecule has 1 aliphatic heterocycles. The third-order valence-corrected chi connectivity index (χ3v) is 10.6. The van der Waals surface area contributed by atoms with Crippen molar-refractivity contribution in [1.82, 2.24) is 10.2 Å². The molecule has 1 heterocycles. The minimum absolute atomic E-state index is 0.0410. The van der Waals surface area contributed by atoms with Crippen LogP contribution in [-0.2, 0) is 15.1 Å². The van der Waals surface area contributed by atoms with Crippen molar-refractivity contribution >= 4 is 11.8 Å². The molecule has 1 aromatic carbocycles. The van der Waals surface area contributed by atoms with Crippen molar-refractivity contribution in [2.24, 2.45) is 34.5 Å². The molecule has 0 unspecified atom stereocenters. The molecule has 3 aliphatic carbocycles. The Morgan fingerprint density at radius 2 is 1.80 bits per heavy atom. The molecule has 5 rings (SSSR count). The van der Waals surface area contributed by atoms with Gasteiger partial charge in [-0.1, -0.05) is 32.1 Å². The van der Waals surface area contributed by atoms with Crippen LogP contribution in [0.3, 0.4) is 0 Å². The van der Waals surface area contributed by atoms with Gasteiger partial charge in [-0.05, 0) is 93.2 Å². The monoisotopic (exact) mass is 478 g/mol. The van der Waals surface area contributed by atoms with Crippen LogP contribution in [0.2, 0.25) is 0 Å². The Morgan fingerprint density at radius 1 is 1.09 bits per heavy atom. The molecule has 2 saturated carbocycles. The summed E-state index contributed by atoms with van der Waals surface area (Å²) in [6.07, 6.45) is 9.38. The highest BCUT2D eigenvalue weighted by molar-refractivity contribution is 5.81. The molecule has 190 valence electrons. The fourth-order valence-electron chi connectivity index (χ4n) is 8.49. The second kappa shape index (κ2) is 8.38. The first-order valence-corrected chi connectivity index (χ1v) is 13.4. The van der Waals surface area contributed by atoms with Gasteiger partial charge in [0.25, 0.3) is 0 Å². The number of ether oxygens (including phenoxy) is 1. The van der Waals surface area contributed by atoms with Crippen LogP contribution in [0.15, 0.2) is 36.0 Å². The number of nitrogens with zero attached hydrogens (tertiary/aromatic N) is 1. The number of methoxy groups -OCH3 is 1.